The fraction of sp³-hybridized carbons (Fsp3) is 0.400. The Morgan fingerprint density at radius 1 is 1.21 bits per heavy atom. The molecule has 2 amide bonds. The highest BCUT2D eigenvalue weighted by atomic mass is 35.5. The Morgan fingerprint density at radius 3 is 2.73 bits per heavy atom. The summed E-state index contributed by atoms with van der Waals surface area (Å²) in [6.07, 6.45) is 5.39. The molecule has 33 heavy (non-hydrogen) atoms. The minimum absolute atomic E-state index is 0.140. The van der Waals surface area contributed by atoms with Crippen LogP contribution in [-0.2, 0) is 11.3 Å². The number of nitrogens with zero attached hydrogens (tertiary/aromatic N) is 3. The molecule has 3 heterocycles. The smallest absolute Gasteiger partial charge is 0.277 e. The largest absolute Gasteiger partial charge is 0.351 e. The summed E-state index contributed by atoms with van der Waals surface area (Å²) in [6, 6.07) is 11.4. The van der Waals surface area contributed by atoms with Crippen molar-refractivity contribution in [3.63, 3.8) is 0 Å². The Kier molecular flexibility index (Phi) is 5.79. The van der Waals surface area contributed by atoms with Crippen molar-refractivity contribution in [2.75, 3.05) is 4.90 Å². The normalized spacial score (nSPS) is 21.2. The number of nitrogens with one attached hydrogen (secondary N) is 1. The lowest BCUT2D eigenvalue weighted by Gasteiger charge is -2.44. The third-order valence-electron chi connectivity index (χ3n) is 6.84. The van der Waals surface area contributed by atoms with Gasteiger partial charge in [0.05, 0.1) is 11.4 Å². The zero-order valence-electron chi connectivity index (χ0n) is 18.8. The molecule has 0 bridgehead atoms. The first kappa shape index (κ1) is 22.2. The van der Waals surface area contributed by atoms with Gasteiger partial charge in [0, 0.05) is 16.8 Å². The van der Waals surface area contributed by atoms with Crippen molar-refractivity contribution in [2.24, 2.45) is 0 Å². The number of benzene rings is 1. The summed E-state index contributed by atoms with van der Waals surface area (Å²) >= 11 is 8.00. The number of rotatable bonds is 4. The van der Waals surface area contributed by atoms with Gasteiger partial charge in [0.1, 0.15) is 16.9 Å². The Bertz CT molecular complexity index is 1200. The molecular formula is C25H27ClN4O2S. The van der Waals surface area contributed by atoms with E-state index in [0.29, 0.717) is 16.4 Å². The van der Waals surface area contributed by atoms with Crippen molar-refractivity contribution in [1.29, 1.82) is 0 Å². The second-order valence-electron chi connectivity index (χ2n) is 9.16. The van der Waals surface area contributed by atoms with Crippen molar-refractivity contribution < 1.29 is 9.59 Å². The molecule has 5 rings (SSSR count). The highest BCUT2D eigenvalue weighted by Gasteiger charge is 2.49. The molecule has 1 saturated carbocycles. The van der Waals surface area contributed by atoms with Crippen molar-refractivity contribution in [1.82, 2.24) is 15.1 Å². The summed E-state index contributed by atoms with van der Waals surface area (Å²) in [5, 5.41) is 10.5. The molecule has 1 fully saturated rings. The number of amides is 2. The van der Waals surface area contributed by atoms with E-state index in [1.165, 1.54) is 6.42 Å². The summed E-state index contributed by atoms with van der Waals surface area (Å²) in [6.45, 7) is 3.98. The van der Waals surface area contributed by atoms with Crippen molar-refractivity contribution in [3.8, 4) is 10.6 Å². The molecule has 0 radical (unpaired) electrons. The second kappa shape index (κ2) is 8.61. The molecule has 0 spiro atoms. The second-order valence-corrected chi connectivity index (χ2v) is 10.5. The zero-order chi connectivity index (χ0) is 23.2. The van der Waals surface area contributed by atoms with Crippen molar-refractivity contribution in [3.05, 3.63) is 58.1 Å². The van der Waals surface area contributed by atoms with Gasteiger partial charge in [-0.3, -0.25) is 19.2 Å². The van der Waals surface area contributed by atoms with Crippen LogP contribution in [0.5, 0.6) is 0 Å². The van der Waals surface area contributed by atoms with Gasteiger partial charge in [-0.2, -0.15) is 5.10 Å². The number of halogens is 1. The monoisotopic (exact) mass is 482 g/mol. The third kappa shape index (κ3) is 3.87. The van der Waals surface area contributed by atoms with Crippen LogP contribution in [0.25, 0.3) is 10.6 Å². The van der Waals surface area contributed by atoms with E-state index in [2.05, 4.69) is 5.32 Å². The lowest BCUT2D eigenvalue weighted by molar-refractivity contribution is -0.127. The van der Waals surface area contributed by atoms with E-state index in [4.69, 9.17) is 16.7 Å². The molecule has 2 aliphatic rings. The van der Waals surface area contributed by atoms with Crippen LogP contribution in [0.4, 0.5) is 5.69 Å². The standard InChI is InChI=1S/C25H27ClN4O2S/c1-16-18(26)10-6-11-20(16)30-23(31)21-14-19(22-12-7-13-33-22)28-29(21)15-25(30,2)24(32)27-17-8-4-3-5-9-17/h6-7,10-14,17H,3-5,8-9,15H2,1-2H3,(H,27,32)/t25-/m0/s1. The fourth-order valence-electron chi connectivity index (χ4n) is 4.93. The van der Waals surface area contributed by atoms with E-state index in [1.807, 2.05) is 49.6 Å². The summed E-state index contributed by atoms with van der Waals surface area (Å²) in [5.41, 5.74) is 1.50. The first-order valence-electron chi connectivity index (χ1n) is 11.4. The van der Waals surface area contributed by atoms with Gasteiger partial charge in [-0.15, -0.1) is 11.3 Å². The van der Waals surface area contributed by atoms with Crippen LogP contribution in [0, 0.1) is 6.92 Å². The van der Waals surface area contributed by atoms with Gasteiger partial charge in [0.25, 0.3) is 5.91 Å². The quantitative estimate of drug-likeness (QED) is 0.538. The third-order valence-corrected chi connectivity index (χ3v) is 8.14. The van der Waals surface area contributed by atoms with Gasteiger partial charge in [-0.1, -0.05) is 43.0 Å². The number of carbonyl (C=O) groups excluding carboxylic acids is 2. The number of thiophene rings is 1. The number of hydrogen-bond donors (Lipinski definition) is 1. The summed E-state index contributed by atoms with van der Waals surface area (Å²) in [5.74, 6) is -0.399. The molecule has 6 nitrogen and oxygen atoms in total. The molecule has 1 aliphatic heterocycles. The maximum atomic E-state index is 13.9. The number of hydrogen-bond acceptors (Lipinski definition) is 4. The Balaban J connectivity index is 1.59. The number of aromatic nitrogens is 2. The molecule has 3 aromatic rings. The molecule has 8 heteroatoms. The molecule has 1 aliphatic carbocycles. The van der Waals surface area contributed by atoms with Crippen molar-refractivity contribution >= 4 is 40.4 Å². The minimum atomic E-state index is -1.14. The van der Waals surface area contributed by atoms with Crippen LogP contribution in [0.15, 0.2) is 41.8 Å². The summed E-state index contributed by atoms with van der Waals surface area (Å²) in [7, 11) is 0. The van der Waals surface area contributed by atoms with E-state index in [9.17, 15) is 9.59 Å². The van der Waals surface area contributed by atoms with Crippen LogP contribution < -0.4 is 10.2 Å². The topological polar surface area (TPSA) is 67.2 Å². The van der Waals surface area contributed by atoms with E-state index >= 15 is 0 Å². The summed E-state index contributed by atoms with van der Waals surface area (Å²) < 4.78 is 1.69. The maximum absolute atomic E-state index is 13.9. The van der Waals surface area contributed by atoms with E-state index in [0.717, 1.165) is 41.8 Å². The highest BCUT2D eigenvalue weighted by molar-refractivity contribution is 7.13. The molecule has 0 saturated heterocycles. The summed E-state index contributed by atoms with van der Waals surface area (Å²) in [4.78, 5) is 30.3. The van der Waals surface area contributed by atoms with E-state index in [1.54, 1.807) is 27.0 Å². The lowest BCUT2D eigenvalue weighted by atomic mass is 9.90. The molecule has 1 aromatic carbocycles. The predicted molar refractivity (Wildman–Crippen MR) is 132 cm³/mol. The SMILES string of the molecule is Cc1c(Cl)cccc1N1C(=O)c2cc(-c3cccs3)nn2C[C@@]1(C)C(=O)NC1CCCCC1. The molecule has 2 aromatic heterocycles. The van der Waals surface area contributed by atoms with Crippen molar-refractivity contribution in [2.45, 2.75) is 64.1 Å². The van der Waals surface area contributed by atoms with Gasteiger partial charge in [0.2, 0.25) is 5.91 Å². The lowest BCUT2D eigenvalue weighted by Crippen LogP contribution is -2.65. The van der Waals surface area contributed by atoms with Gasteiger partial charge >= 0.3 is 0 Å². The first-order valence-corrected chi connectivity index (χ1v) is 12.7. The molecular weight excluding hydrogens is 456 g/mol. The van der Waals surface area contributed by atoms with Gasteiger partial charge in [-0.25, -0.2) is 0 Å². The number of anilines is 1. The minimum Gasteiger partial charge on any atom is -0.351 e. The van der Waals surface area contributed by atoms with Crippen LogP contribution in [0.1, 0.15) is 55.1 Å². The Hall–Kier alpha value is -2.64. The average Bonchev–Trinajstić information content (AvgIpc) is 3.47. The van der Waals surface area contributed by atoms with Gasteiger partial charge < -0.3 is 5.32 Å². The van der Waals surface area contributed by atoms with Crippen LogP contribution >= 0.6 is 22.9 Å². The molecule has 1 atom stereocenters. The van der Waals surface area contributed by atoms with Gasteiger partial charge in [0.15, 0.2) is 0 Å². The maximum Gasteiger partial charge on any atom is 0.277 e. The molecule has 1 N–H and O–H groups in total. The molecule has 0 unspecified atom stereocenters. The van der Waals surface area contributed by atoms with E-state index < -0.39 is 5.54 Å². The number of carbonyl (C=O) groups is 2. The van der Waals surface area contributed by atoms with Crippen LogP contribution in [-0.4, -0.2) is 33.2 Å². The fourth-order valence-corrected chi connectivity index (χ4v) is 5.78. The first-order chi connectivity index (χ1) is 15.9. The van der Waals surface area contributed by atoms with Crippen LogP contribution in [0.2, 0.25) is 5.02 Å². The Labute approximate surface area is 202 Å². The zero-order valence-corrected chi connectivity index (χ0v) is 20.4. The molecule has 172 valence electrons. The van der Waals surface area contributed by atoms with Gasteiger partial charge in [-0.05, 0) is 61.9 Å². The predicted octanol–water partition coefficient (Wildman–Crippen LogP) is 5.44. The average molecular weight is 483 g/mol. The van der Waals surface area contributed by atoms with E-state index in [-0.39, 0.29) is 24.4 Å². The Morgan fingerprint density at radius 2 is 2.00 bits per heavy atom. The highest BCUT2D eigenvalue weighted by Crippen LogP contribution is 2.38. The van der Waals surface area contributed by atoms with Crippen LogP contribution in [0.3, 0.4) is 0 Å². The number of fused-ring (bicyclic) bond motifs is 1.